The number of hydrogen-bond donors (Lipinski definition) is 0. The van der Waals surface area contributed by atoms with Gasteiger partial charge in [0.1, 0.15) is 13.2 Å². The molecule has 2 heterocycles. The van der Waals surface area contributed by atoms with Gasteiger partial charge in [0.2, 0.25) is 10.0 Å². The van der Waals surface area contributed by atoms with Crippen molar-refractivity contribution >= 4 is 10.0 Å². The van der Waals surface area contributed by atoms with Gasteiger partial charge in [-0.1, -0.05) is 12.1 Å². The molecule has 1 atom stereocenters. The predicted octanol–water partition coefficient (Wildman–Crippen LogP) is 3.60. The van der Waals surface area contributed by atoms with Crippen LogP contribution in [0.1, 0.15) is 35.6 Å². The number of nitrogens with zero attached hydrogens (tertiary/aromatic N) is 1. The van der Waals surface area contributed by atoms with Crippen LogP contribution in [0.2, 0.25) is 0 Å². The molecule has 0 spiro atoms. The summed E-state index contributed by atoms with van der Waals surface area (Å²) in [6, 6.07) is 10.9. The molecule has 0 amide bonds. The number of ether oxygens (including phenoxy) is 2. The van der Waals surface area contributed by atoms with Crippen LogP contribution in [0.25, 0.3) is 0 Å². The van der Waals surface area contributed by atoms with E-state index in [0.717, 1.165) is 35.3 Å². The van der Waals surface area contributed by atoms with Gasteiger partial charge in [0.15, 0.2) is 11.5 Å². The quantitative estimate of drug-likeness (QED) is 0.825. The molecule has 0 aromatic heterocycles. The lowest BCUT2D eigenvalue weighted by atomic mass is 10.0. The zero-order valence-corrected chi connectivity index (χ0v) is 15.9. The van der Waals surface area contributed by atoms with E-state index >= 15 is 0 Å². The van der Waals surface area contributed by atoms with Crippen LogP contribution in [0.5, 0.6) is 11.5 Å². The highest BCUT2D eigenvalue weighted by atomic mass is 32.2. The van der Waals surface area contributed by atoms with Gasteiger partial charge in [-0.15, -0.1) is 0 Å². The zero-order valence-electron chi connectivity index (χ0n) is 15.1. The number of fused-ring (bicyclic) bond motifs is 1. The summed E-state index contributed by atoms with van der Waals surface area (Å²) in [4.78, 5) is 0.366. The summed E-state index contributed by atoms with van der Waals surface area (Å²) in [5.41, 5.74) is 3.04. The van der Waals surface area contributed by atoms with Crippen molar-refractivity contribution in [2.24, 2.45) is 0 Å². The highest BCUT2D eigenvalue weighted by Gasteiger charge is 2.36. The molecule has 0 unspecified atom stereocenters. The minimum Gasteiger partial charge on any atom is -0.486 e. The highest BCUT2D eigenvalue weighted by molar-refractivity contribution is 7.89. The fourth-order valence-corrected chi connectivity index (χ4v) is 5.41. The molecular formula is C20H23NO4S. The number of aryl methyl sites for hydroxylation is 2. The molecule has 0 N–H and O–H groups in total. The molecule has 2 aromatic carbocycles. The van der Waals surface area contributed by atoms with Gasteiger partial charge in [-0.05, 0) is 67.6 Å². The molecule has 6 heteroatoms. The van der Waals surface area contributed by atoms with Gasteiger partial charge in [0, 0.05) is 6.54 Å². The van der Waals surface area contributed by atoms with Crippen molar-refractivity contribution in [2.45, 2.75) is 37.6 Å². The Morgan fingerprint density at radius 2 is 1.73 bits per heavy atom. The van der Waals surface area contributed by atoms with Crippen LogP contribution in [0.4, 0.5) is 0 Å². The zero-order chi connectivity index (χ0) is 18.3. The number of benzene rings is 2. The van der Waals surface area contributed by atoms with E-state index in [2.05, 4.69) is 0 Å². The molecule has 5 nitrogen and oxygen atoms in total. The van der Waals surface area contributed by atoms with E-state index < -0.39 is 10.0 Å². The van der Waals surface area contributed by atoms with Crippen molar-refractivity contribution in [3.05, 3.63) is 53.1 Å². The summed E-state index contributed by atoms with van der Waals surface area (Å²) in [6.07, 6.45) is 1.66. The van der Waals surface area contributed by atoms with Crippen LogP contribution in [0.3, 0.4) is 0 Å². The lowest BCUT2D eigenvalue weighted by molar-refractivity contribution is 0.171. The smallest absolute Gasteiger partial charge is 0.243 e. The van der Waals surface area contributed by atoms with Crippen LogP contribution in [-0.2, 0) is 10.0 Å². The van der Waals surface area contributed by atoms with Gasteiger partial charge in [-0.25, -0.2) is 8.42 Å². The molecule has 0 aliphatic carbocycles. The fraction of sp³-hybridized carbons (Fsp3) is 0.400. The van der Waals surface area contributed by atoms with Gasteiger partial charge < -0.3 is 9.47 Å². The molecule has 0 radical (unpaired) electrons. The Labute approximate surface area is 154 Å². The van der Waals surface area contributed by atoms with E-state index in [9.17, 15) is 8.42 Å². The molecule has 2 aromatic rings. The summed E-state index contributed by atoms with van der Waals surface area (Å²) < 4.78 is 39.3. The summed E-state index contributed by atoms with van der Waals surface area (Å²) in [5, 5.41) is 0. The Morgan fingerprint density at radius 3 is 2.50 bits per heavy atom. The third kappa shape index (κ3) is 2.97. The topological polar surface area (TPSA) is 55.8 Å². The Morgan fingerprint density at radius 1 is 0.962 bits per heavy atom. The Balaban J connectivity index is 1.69. The average molecular weight is 373 g/mol. The molecule has 2 aliphatic heterocycles. The van der Waals surface area contributed by atoms with Crippen molar-refractivity contribution in [3.8, 4) is 11.5 Å². The SMILES string of the molecule is Cc1ccc(S(=O)(=O)N2CCC[C@@H]2c2ccc3c(c2)OCCO3)cc1C. The lowest BCUT2D eigenvalue weighted by Crippen LogP contribution is -2.31. The second-order valence-electron chi connectivity index (χ2n) is 6.92. The van der Waals surface area contributed by atoms with Crippen LogP contribution in [0.15, 0.2) is 41.3 Å². The highest BCUT2D eigenvalue weighted by Crippen LogP contribution is 2.40. The Hall–Kier alpha value is -2.05. The Kier molecular flexibility index (Phi) is 4.40. The maximum atomic E-state index is 13.2. The first-order valence-corrected chi connectivity index (χ1v) is 10.4. The van der Waals surface area contributed by atoms with Crippen LogP contribution < -0.4 is 9.47 Å². The van der Waals surface area contributed by atoms with Crippen molar-refractivity contribution in [1.82, 2.24) is 4.31 Å². The molecule has 0 saturated carbocycles. The molecule has 1 saturated heterocycles. The third-order valence-corrected chi connectivity index (χ3v) is 7.14. The second kappa shape index (κ2) is 6.59. The third-order valence-electron chi connectivity index (χ3n) is 5.24. The van der Waals surface area contributed by atoms with E-state index in [1.54, 1.807) is 16.4 Å². The van der Waals surface area contributed by atoms with E-state index in [1.165, 1.54) is 0 Å². The first-order chi connectivity index (χ1) is 12.5. The van der Waals surface area contributed by atoms with E-state index in [-0.39, 0.29) is 6.04 Å². The summed E-state index contributed by atoms with van der Waals surface area (Å²) >= 11 is 0. The second-order valence-corrected chi connectivity index (χ2v) is 8.81. The fourth-order valence-electron chi connectivity index (χ4n) is 3.64. The lowest BCUT2D eigenvalue weighted by Gasteiger charge is -2.26. The monoisotopic (exact) mass is 373 g/mol. The van der Waals surface area contributed by atoms with Gasteiger partial charge in [0.05, 0.1) is 10.9 Å². The van der Waals surface area contributed by atoms with Gasteiger partial charge in [-0.3, -0.25) is 0 Å². The van der Waals surface area contributed by atoms with E-state index in [1.807, 2.05) is 38.1 Å². The maximum absolute atomic E-state index is 13.2. The normalized spacial score (nSPS) is 20.3. The first-order valence-electron chi connectivity index (χ1n) is 8.95. The summed E-state index contributed by atoms with van der Waals surface area (Å²) in [5.74, 6) is 1.42. The van der Waals surface area contributed by atoms with Crippen molar-refractivity contribution < 1.29 is 17.9 Å². The maximum Gasteiger partial charge on any atom is 0.243 e. The summed E-state index contributed by atoms with van der Waals surface area (Å²) in [7, 11) is -3.54. The number of sulfonamides is 1. The Bertz CT molecular complexity index is 939. The molecule has 1 fully saturated rings. The molecule has 138 valence electrons. The number of rotatable bonds is 3. The van der Waals surface area contributed by atoms with Crippen LogP contribution in [-0.4, -0.2) is 32.5 Å². The standard InChI is InChI=1S/C20H23NO4S/c1-14-5-7-17(12-15(14)2)26(22,23)21-9-3-4-18(21)16-6-8-19-20(13-16)25-11-10-24-19/h5-8,12-13,18H,3-4,9-11H2,1-2H3/t18-/m1/s1. The van der Waals surface area contributed by atoms with Gasteiger partial charge >= 0.3 is 0 Å². The van der Waals surface area contributed by atoms with Crippen molar-refractivity contribution in [3.63, 3.8) is 0 Å². The van der Waals surface area contributed by atoms with Crippen LogP contribution in [0, 0.1) is 13.8 Å². The minimum absolute atomic E-state index is 0.169. The number of hydrogen-bond acceptors (Lipinski definition) is 4. The molecule has 26 heavy (non-hydrogen) atoms. The first kappa shape index (κ1) is 17.4. The minimum atomic E-state index is -3.54. The van der Waals surface area contributed by atoms with Crippen molar-refractivity contribution in [1.29, 1.82) is 0 Å². The summed E-state index contributed by atoms with van der Waals surface area (Å²) in [6.45, 7) is 5.53. The van der Waals surface area contributed by atoms with Gasteiger partial charge in [-0.2, -0.15) is 4.31 Å². The predicted molar refractivity (Wildman–Crippen MR) is 99.2 cm³/mol. The largest absolute Gasteiger partial charge is 0.486 e. The molecular weight excluding hydrogens is 350 g/mol. The molecule has 4 rings (SSSR count). The van der Waals surface area contributed by atoms with E-state index in [0.29, 0.717) is 30.4 Å². The average Bonchev–Trinajstić information content (AvgIpc) is 3.14. The van der Waals surface area contributed by atoms with E-state index in [4.69, 9.17) is 9.47 Å². The van der Waals surface area contributed by atoms with Gasteiger partial charge in [0.25, 0.3) is 0 Å². The van der Waals surface area contributed by atoms with Crippen molar-refractivity contribution in [2.75, 3.05) is 19.8 Å². The van der Waals surface area contributed by atoms with Crippen LogP contribution >= 0.6 is 0 Å². The molecule has 2 aliphatic rings. The molecule has 0 bridgehead atoms.